The maximum absolute atomic E-state index is 13.4. The van der Waals surface area contributed by atoms with E-state index in [2.05, 4.69) is 11.1 Å². The molecule has 0 saturated carbocycles. The summed E-state index contributed by atoms with van der Waals surface area (Å²) in [6, 6.07) is 8.42. The summed E-state index contributed by atoms with van der Waals surface area (Å²) in [7, 11) is 0. The van der Waals surface area contributed by atoms with Crippen molar-refractivity contribution < 1.29 is 24.1 Å². The fourth-order valence-electron chi connectivity index (χ4n) is 3.88. The number of benzene rings is 2. The maximum atomic E-state index is 13.4. The summed E-state index contributed by atoms with van der Waals surface area (Å²) in [6.45, 7) is 3.31. The summed E-state index contributed by atoms with van der Waals surface area (Å²) >= 11 is 1.56. The third-order valence-corrected chi connectivity index (χ3v) is 6.37. The molecule has 1 atom stereocenters. The molecule has 1 N–H and O–H groups in total. The number of rotatable bonds is 1. The molecule has 0 spiro atoms. The van der Waals surface area contributed by atoms with Gasteiger partial charge < -0.3 is 4.74 Å². The number of esters is 1. The van der Waals surface area contributed by atoms with Gasteiger partial charge in [0, 0.05) is 30.2 Å². The highest BCUT2D eigenvalue weighted by Crippen LogP contribution is 2.44. The second-order valence-electron chi connectivity index (χ2n) is 7.16. The third-order valence-electron chi connectivity index (χ3n) is 5.15. The molecule has 5 nitrogen and oxygen atoms in total. The molecule has 0 amide bonds. The topological polar surface area (TPSA) is 74.4 Å². The number of thioether (sulfide) groups is 1. The van der Waals surface area contributed by atoms with Crippen LogP contribution in [0.4, 0.5) is 5.69 Å². The maximum Gasteiger partial charge on any atom is 0.308 e. The zero-order valence-corrected chi connectivity index (χ0v) is 16.6. The predicted octanol–water partition coefficient (Wildman–Crippen LogP) is 2.53. The summed E-state index contributed by atoms with van der Waals surface area (Å²) in [6.07, 6.45) is 6.13. The van der Waals surface area contributed by atoms with Gasteiger partial charge in [-0.3, -0.25) is 14.4 Å². The quantitative estimate of drug-likeness (QED) is 0.500. The molecule has 0 fully saturated rings. The van der Waals surface area contributed by atoms with Gasteiger partial charge in [-0.2, -0.15) is 0 Å². The second kappa shape index (κ2) is 6.39. The summed E-state index contributed by atoms with van der Waals surface area (Å²) in [5.41, 5.74) is 3.79. The minimum absolute atomic E-state index is 0.0670. The zero-order valence-electron chi connectivity index (χ0n) is 15.7. The van der Waals surface area contributed by atoms with E-state index < -0.39 is 5.97 Å². The van der Waals surface area contributed by atoms with E-state index in [1.807, 2.05) is 19.1 Å². The predicted molar refractivity (Wildman–Crippen MR) is 109 cm³/mol. The van der Waals surface area contributed by atoms with Gasteiger partial charge >= 0.3 is 5.97 Å². The van der Waals surface area contributed by atoms with E-state index in [4.69, 9.17) is 4.74 Å². The molecule has 0 aromatic heterocycles. The first-order chi connectivity index (χ1) is 13.9. The second-order valence-corrected chi connectivity index (χ2v) is 8.34. The van der Waals surface area contributed by atoms with Crippen LogP contribution in [0.3, 0.4) is 0 Å². The number of nitrogens with one attached hydrogen (secondary N) is 1. The fraction of sp³-hybridized carbons (Fsp3) is 0.130. The highest BCUT2D eigenvalue weighted by atomic mass is 32.2. The Morgan fingerprint density at radius 3 is 2.45 bits per heavy atom. The van der Waals surface area contributed by atoms with Crippen LogP contribution >= 0.6 is 11.8 Å². The Morgan fingerprint density at radius 1 is 1.07 bits per heavy atom. The van der Waals surface area contributed by atoms with E-state index in [9.17, 15) is 14.4 Å². The van der Waals surface area contributed by atoms with E-state index >= 15 is 0 Å². The molecule has 142 valence electrons. The molecule has 2 aliphatic carbocycles. The van der Waals surface area contributed by atoms with Crippen LogP contribution in [0.2, 0.25) is 0 Å². The Morgan fingerprint density at radius 2 is 1.76 bits per heavy atom. The van der Waals surface area contributed by atoms with E-state index in [-0.39, 0.29) is 33.7 Å². The van der Waals surface area contributed by atoms with Gasteiger partial charge in [-0.15, -0.1) is 11.8 Å². The van der Waals surface area contributed by atoms with Crippen molar-refractivity contribution in [2.45, 2.75) is 24.0 Å². The largest absolute Gasteiger partial charge is 0.426 e. The van der Waals surface area contributed by atoms with Crippen molar-refractivity contribution in [1.82, 2.24) is 0 Å². The van der Waals surface area contributed by atoms with Gasteiger partial charge in [0.1, 0.15) is 16.6 Å². The van der Waals surface area contributed by atoms with Crippen molar-refractivity contribution in [3.05, 3.63) is 76.4 Å². The van der Waals surface area contributed by atoms with E-state index in [0.717, 1.165) is 16.2 Å². The highest BCUT2D eigenvalue weighted by molar-refractivity contribution is 8.01. The van der Waals surface area contributed by atoms with Crippen molar-refractivity contribution in [1.29, 1.82) is 0 Å². The Bertz CT molecular complexity index is 1240. The molecule has 6 heteroatoms. The first-order valence-electron chi connectivity index (χ1n) is 9.19. The summed E-state index contributed by atoms with van der Waals surface area (Å²) in [4.78, 5) is 42.5. The lowest BCUT2D eigenvalue weighted by Crippen LogP contribution is -2.71. The standard InChI is InChI=1S/C23H15NO4S/c1-11-7-8-15-17(9-11)29-18-10-16(28-12(2)25)19-20(21(18)24-15)23(27)14-6-4-3-5-13(14)22(19)26/h3-10,17H,1-2H3/p+1. The van der Waals surface area contributed by atoms with Gasteiger partial charge in [0.2, 0.25) is 11.5 Å². The summed E-state index contributed by atoms with van der Waals surface area (Å²) in [5, 5.41) is 0.0670. The van der Waals surface area contributed by atoms with Crippen LogP contribution in [-0.4, -0.2) is 28.5 Å². The van der Waals surface area contributed by atoms with Crippen LogP contribution in [-0.2, 0) is 4.79 Å². The van der Waals surface area contributed by atoms with E-state index in [0.29, 0.717) is 16.8 Å². The lowest BCUT2D eigenvalue weighted by atomic mass is 9.82. The molecule has 1 heterocycles. The Kier molecular flexibility index (Phi) is 3.93. The average Bonchev–Trinajstić information content (AvgIpc) is 2.69. The number of carbonyl (C=O) groups excluding carboxylic acids is 3. The molecule has 5 rings (SSSR count). The van der Waals surface area contributed by atoms with Crippen molar-refractivity contribution >= 4 is 40.7 Å². The smallest absolute Gasteiger partial charge is 0.308 e. The number of allylic oxidation sites excluding steroid dienone is 3. The summed E-state index contributed by atoms with van der Waals surface area (Å²) in [5.74, 6) is -0.977. The number of carbonyl (C=O) groups is 3. The van der Waals surface area contributed by atoms with Crippen molar-refractivity contribution in [3.8, 4) is 5.75 Å². The molecule has 0 saturated heterocycles. The summed E-state index contributed by atoms with van der Waals surface area (Å²) < 4.78 is 5.38. The van der Waals surface area contributed by atoms with Gasteiger partial charge in [-0.05, 0) is 6.92 Å². The van der Waals surface area contributed by atoms with Gasteiger partial charge in [-0.1, -0.05) is 42.0 Å². The van der Waals surface area contributed by atoms with Crippen LogP contribution in [0.5, 0.6) is 5.75 Å². The van der Waals surface area contributed by atoms with Crippen molar-refractivity contribution in [2.24, 2.45) is 0 Å². The SMILES string of the molecule is CC(=O)Oc1cc2c(c3c1C(=O)c1ccccc1C3=O)[NH+]=C1C=CC(C)=CC1S2. The first-order valence-corrected chi connectivity index (χ1v) is 10.1. The molecule has 0 bridgehead atoms. The van der Waals surface area contributed by atoms with Gasteiger partial charge in [0.05, 0.1) is 10.5 Å². The van der Waals surface area contributed by atoms with Gasteiger partial charge in [-0.25, -0.2) is 4.99 Å². The molecule has 0 radical (unpaired) electrons. The van der Waals surface area contributed by atoms with Crippen molar-refractivity contribution in [2.75, 3.05) is 0 Å². The van der Waals surface area contributed by atoms with Crippen LogP contribution < -0.4 is 9.73 Å². The number of hydrogen-bond acceptors (Lipinski definition) is 5. The van der Waals surface area contributed by atoms with Gasteiger partial charge in [0.25, 0.3) is 0 Å². The monoisotopic (exact) mass is 402 g/mol. The Balaban J connectivity index is 1.80. The minimum Gasteiger partial charge on any atom is -0.426 e. The lowest BCUT2D eigenvalue weighted by molar-refractivity contribution is -0.358. The van der Waals surface area contributed by atoms with Crippen molar-refractivity contribution in [3.63, 3.8) is 0 Å². The minimum atomic E-state index is -0.538. The number of ether oxygens (including phenoxy) is 1. The molecular formula is C23H16NO4S+. The molecule has 2 aromatic rings. The van der Waals surface area contributed by atoms with Gasteiger partial charge in [0.15, 0.2) is 11.5 Å². The number of fused-ring (bicyclic) bond motifs is 5. The molecule has 3 aliphatic rings. The van der Waals surface area contributed by atoms with Crippen LogP contribution in [0.15, 0.2) is 59.0 Å². The van der Waals surface area contributed by atoms with E-state index in [1.54, 1.807) is 42.1 Å². The third kappa shape index (κ3) is 2.71. The number of hydrogen-bond donors (Lipinski definition) is 1. The molecule has 2 aromatic carbocycles. The Hall–Kier alpha value is -3.25. The first kappa shape index (κ1) is 17.8. The van der Waals surface area contributed by atoms with E-state index in [1.165, 1.54) is 6.92 Å². The van der Waals surface area contributed by atoms with Crippen LogP contribution in [0.25, 0.3) is 0 Å². The highest BCUT2D eigenvalue weighted by Gasteiger charge is 2.41. The number of ketones is 2. The molecular weight excluding hydrogens is 386 g/mol. The normalized spacial score (nSPS) is 18.8. The zero-order chi connectivity index (χ0) is 20.3. The van der Waals surface area contributed by atoms with Crippen LogP contribution in [0.1, 0.15) is 45.7 Å². The Labute approximate surface area is 171 Å². The van der Waals surface area contributed by atoms with Crippen LogP contribution in [0, 0.1) is 0 Å². The lowest BCUT2D eigenvalue weighted by Gasteiger charge is -2.24. The molecule has 29 heavy (non-hydrogen) atoms. The molecule has 1 aliphatic heterocycles. The average molecular weight is 402 g/mol. The molecule has 1 unspecified atom stereocenters. The fourth-order valence-corrected chi connectivity index (χ4v) is 5.15.